The molecule has 0 fully saturated rings. The quantitative estimate of drug-likeness (QED) is 0.725. The van der Waals surface area contributed by atoms with Crippen LogP contribution in [0.4, 0.5) is 21.5 Å². The maximum atomic E-state index is 13.5. The number of halogens is 1. The number of anilines is 3. The molecule has 0 heterocycles. The lowest BCUT2D eigenvalue weighted by atomic mass is 10.1. The Morgan fingerprint density at radius 1 is 1.17 bits per heavy atom. The molecule has 18 heavy (non-hydrogen) atoms. The Morgan fingerprint density at radius 2 is 1.89 bits per heavy atom. The second kappa shape index (κ2) is 4.75. The molecular weight excluding hydrogens is 233 g/mol. The van der Waals surface area contributed by atoms with Gasteiger partial charge in [-0.15, -0.1) is 0 Å². The van der Waals surface area contributed by atoms with Crippen LogP contribution in [0.5, 0.6) is 0 Å². The first-order chi connectivity index (χ1) is 8.58. The molecule has 0 aromatic heterocycles. The summed E-state index contributed by atoms with van der Waals surface area (Å²) in [6, 6.07) is 11.2. The van der Waals surface area contributed by atoms with Gasteiger partial charge < -0.3 is 16.8 Å². The Morgan fingerprint density at radius 3 is 2.56 bits per heavy atom. The predicted octanol–water partition coefficient (Wildman–Crippen LogP) is 2.25. The van der Waals surface area contributed by atoms with Crippen molar-refractivity contribution in [2.24, 2.45) is 5.73 Å². The molecule has 2 aromatic carbocycles. The summed E-state index contributed by atoms with van der Waals surface area (Å²) in [5, 5.41) is 2.91. The second-order valence-corrected chi connectivity index (χ2v) is 3.78. The second-order valence-electron chi connectivity index (χ2n) is 3.78. The third kappa shape index (κ3) is 2.40. The van der Waals surface area contributed by atoms with Crippen LogP contribution in [0.2, 0.25) is 0 Å². The highest BCUT2D eigenvalue weighted by Crippen LogP contribution is 2.23. The number of carbonyl (C=O) groups is 1. The van der Waals surface area contributed by atoms with Crippen LogP contribution < -0.4 is 16.8 Å². The highest BCUT2D eigenvalue weighted by atomic mass is 19.1. The number of carbonyl (C=O) groups excluding carboxylic acids is 1. The Balaban J connectivity index is 2.40. The Kier molecular flexibility index (Phi) is 3.14. The molecule has 0 saturated carbocycles. The third-order valence-electron chi connectivity index (χ3n) is 2.43. The highest BCUT2D eigenvalue weighted by molar-refractivity contribution is 5.99. The smallest absolute Gasteiger partial charge is 0.253 e. The Hall–Kier alpha value is -2.56. The van der Waals surface area contributed by atoms with E-state index in [-0.39, 0.29) is 5.56 Å². The first-order valence-electron chi connectivity index (χ1n) is 5.29. The Bertz CT molecular complexity index is 599. The molecule has 2 rings (SSSR count). The van der Waals surface area contributed by atoms with Crippen molar-refractivity contribution in [2.75, 3.05) is 11.1 Å². The maximum Gasteiger partial charge on any atom is 0.253 e. The first-order valence-corrected chi connectivity index (χ1v) is 5.29. The van der Waals surface area contributed by atoms with Crippen molar-refractivity contribution in [3.8, 4) is 0 Å². The van der Waals surface area contributed by atoms with E-state index in [1.807, 2.05) is 0 Å². The van der Waals surface area contributed by atoms with Gasteiger partial charge in [-0.3, -0.25) is 4.79 Å². The van der Waals surface area contributed by atoms with Gasteiger partial charge in [0.05, 0.1) is 11.3 Å². The molecule has 0 bridgehead atoms. The molecule has 0 unspecified atom stereocenters. The van der Waals surface area contributed by atoms with Crippen LogP contribution in [0.1, 0.15) is 10.4 Å². The van der Waals surface area contributed by atoms with Crippen molar-refractivity contribution >= 4 is 23.0 Å². The molecule has 2 aromatic rings. The monoisotopic (exact) mass is 245 g/mol. The van der Waals surface area contributed by atoms with Crippen LogP contribution in [-0.4, -0.2) is 5.91 Å². The van der Waals surface area contributed by atoms with Gasteiger partial charge in [0.2, 0.25) is 0 Å². The van der Waals surface area contributed by atoms with E-state index in [9.17, 15) is 9.18 Å². The van der Waals surface area contributed by atoms with Crippen molar-refractivity contribution in [1.82, 2.24) is 0 Å². The highest BCUT2D eigenvalue weighted by Gasteiger charge is 2.13. The van der Waals surface area contributed by atoms with Gasteiger partial charge in [0, 0.05) is 11.4 Å². The molecule has 0 aliphatic heterocycles. The molecule has 0 aliphatic carbocycles. The number of hydrogen-bond acceptors (Lipinski definition) is 3. The Labute approximate surface area is 103 Å². The van der Waals surface area contributed by atoms with Crippen molar-refractivity contribution in [2.45, 2.75) is 0 Å². The number of nitrogens with one attached hydrogen (secondary N) is 1. The zero-order chi connectivity index (χ0) is 13.1. The normalized spacial score (nSPS) is 10.1. The topological polar surface area (TPSA) is 81.1 Å². The van der Waals surface area contributed by atoms with Crippen LogP contribution >= 0.6 is 0 Å². The van der Waals surface area contributed by atoms with Gasteiger partial charge in [-0.1, -0.05) is 12.1 Å². The summed E-state index contributed by atoms with van der Waals surface area (Å²) in [4.78, 5) is 11.2. The van der Waals surface area contributed by atoms with Crippen molar-refractivity contribution in [1.29, 1.82) is 0 Å². The minimum atomic E-state index is -0.820. The lowest BCUT2D eigenvalue weighted by Crippen LogP contribution is -2.15. The summed E-state index contributed by atoms with van der Waals surface area (Å²) in [7, 11) is 0. The summed E-state index contributed by atoms with van der Waals surface area (Å²) < 4.78 is 13.5. The number of hydrogen-bond donors (Lipinski definition) is 3. The summed E-state index contributed by atoms with van der Waals surface area (Å²) in [5.41, 5.74) is 12.2. The van der Waals surface area contributed by atoms with E-state index >= 15 is 0 Å². The molecule has 5 N–H and O–H groups in total. The van der Waals surface area contributed by atoms with Gasteiger partial charge in [0.25, 0.3) is 5.91 Å². The number of benzene rings is 2. The average Bonchev–Trinajstić information content (AvgIpc) is 2.28. The van der Waals surface area contributed by atoms with E-state index in [4.69, 9.17) is 11.5 Å². The molecular formula is C13H12FN3O. The van der Waals surface area contributed by atoms with E-state index in [2.05, 4.69) is 5.32 Å². The van der Waals surface area contributed by atoms with Crippen LogP contribution in [0.25, 0.3) is 0 Å². The molecule has 1 amide bonds. The number of rotatable bonds is 3. The fourth-order valence-corrected chi connectivity index (χ4v) is 1.65. The molecule has 5 heteroatoms. The van der Waals surface area contributed by atoms with Gasteiger partial charge in [0.15, 0.2) is 0 Å². The molecule has 4 nitrogen and oxygen atoms in total. The number of amides is 1. The number of nitrogen functional groups attached to an aromatic ring is 1. The van der Waals surface area contributed by atoms with Crippen molar-refractivity contribution in [3.63, 3.8) is 0 Å². The first kappa shape index (κ1) is 11.9. The van der Waals surface area contributed by atoms with Gasteiger partial charge in [-0.25, -0.2) is 4.39 Å². The molecule has 0 saturated heterocycles. The molecule has 0 radical (unpaired) electrons. The van der Waals surface area contributed by atoms with E-state index in [1.165, 1.54) is 12.1 Å². The minimum absolute atomic E-state index is 0.167. The van der Waals surface area contributed by atoms with Gasteiger partial charge in [-0.2, -0.15) is 0 Å². The molecule has 92 valence electrons. The predicted molar refractivity (Wildman–Crippen MR) is 69.1 cm³/mol. The summed E-state index contributed by atoms with van der Waals surface area (Å²) >= 11 is 0. The largest absolute Gasteiger partial charge is 0.399 e. The van der Waals surface area contributed by atoms with Crippen molar-refractivity contribution in [3.05, 3.63) is 53.8 Å². The van der Waals surface area contributed by atoms with Gasteiger partial charge in [0.1, 0.15) is 5.82 Å². The third-order valence-corrected chi connectivity index (χ3v) is 2.43. The number of nitrogens with two attached hydrogens (primary N) is 2. The zero-order valence-electron chi connectivity index (χ0n) is 9.48. The van der Waals surface area contributed by atoms with Crippen LogP contribution in [-0.2, 0) is 0 Å². The lowest BCUT2D eigenvalue weighted by molar-refractivity contribution is 0.0997. The fourth-order valence-electron chi connectivity index (χ4n) is 1.65. The van der Waals surface area contributed by atoms with Crippen LogP contribution in [0.15, 0.2) is 42.5 Å². The minimum Gasteiger partial charge on any atom is -0.399 e. The summed E-state index contributed by atoms with van der Waals surface area (Å²) in [5.74, 6) is -1.48. The van der Waals surface area contributed by atoms with Gasteiger partial charge in [-0.05, 0) is 30.3 Å². The lowest BCUT2D eigenvalue weighted by Gasteiger charge is -2.11. The number of primary amides is 1. The van der Waals surface area contributed by atoms with Crippen LogP contribution in [0, 0.1) is 5.82 Å². The standard InChI is InChI=1S/C13H12FN3O/c14-10-5-2-6-11(12(10)13(16)18)17-9-4-1-3-8(15)7-9/h1-7,17H,15H2,(H2,16,18). The maximum absolute atomic E-state index is 13.5. The van der Waals surface area contributed by atoms with Crippen LogP contribution in [0.3, 0.4) is 0 Å². The molecule has 0 atom stereocenters. The van der Waals surface area contributed by atoms with E-state index in [1.54, 1.807) is 30.3 Å². The molecule has 0 spiro atoms. The van der Waals surface area contributed by atoms with E-state index in [0.717, 1.165) is 0 Å². The zero-order valence-corrected chi connectivity index (χ0v) is 9.48. The van der Waals surface area contributed by atoms with E-state index in [0.29, 0.717) is 17.1 Å². The average molecular weight is 245 g/mol. The fraction of sp³-hybridized carbons (Fsp3) is 0. The summed E-state index contributed by atoms with van der Waals surface area (Å²) in [6.45, 7) is 0. The molecule has 0 aliphatic rings. The summed E-state index contributed by atoms with van der Waals surface area (Å²) in [6.07, 6.45) is 0. The SMILES string of the molecule is NC(=O)c1c(F)cccc1Nc1cccc(N)c1. The van der Waals surface area contributed by atoms with Crippen molar-refractivity contribution < 1.29 is 9.18 Å². The van der Waals surface area contributed by atoms with Gasteiger partial charge >= 0.3 is 0 Å². The van der Waals surface area contributed by atoms with E-state index < -0.39 is 11.7 Å².